The zero-order valence-electron chi connectivity index (χ0n) is 14.8. The van der Waals surface area contributed by atoms with E-state index in [0.29, 0.717) is 6.54 Å². The van der Waals surface area contributed by atoms with E-state index in [-0.39, 0.29) is 11.8 Å². The van der Waals surface area contributed by atoms with Gasteiger partial charge in [0.1, 0.15) is 10.6 Å². The maximum atomic E-state index is 12.9. The predicted octanol–water partition coefficient (Wildman–Crippen LogP) is 2.66. The molecule has 1 aliphatic rings. The molecule has 0 aliphatic carbocycles. The molecule has 4 heterocycles. The van der Waals surface area contributed by atoms with Crippen LogP contribution in [0.2, 0.25) is 0 Å². The van der Waals surface area contributed by atoms with Crippen LogP contribution in [-0.2, 0) is 7.05 Å². The van der Waals surface area contributed by atoms with Gasteiger partial charge in [-0.05, 0) is 19.8 Å². The number of hydrogen-bond donors (Lipinski definition) is 0. The van der Waals surface area contributed by atoms with E-state index in [0.717, 1.165) is 47.0 Å². The lowest BCUT2D eigenvalue weighted by molar-refractivity contribution is 0.0710. The summed E-state index contributed by atoms with van der Waals surface area (Å²) >= 11 is 1.41. The fourth-order valence-corrected chi connectivity index (χ4v) is 4.24. The third kappa shape index (κ3) is 3.01. The molecule has 0 bridgehead atoms. The molecule has 1 fully saturated rings. The van der Waals surface area contributed by atoms with Crippen molar-refractivity contribution in [1.82, 2.24) is 29.4 Å². The van der Waals surface area contributed by atoms with Crippen LogP contribution in [0.25, 0.3) is 11.4 Å². The van der Waals surface area contributed by atoms with Crippen LogP contribution in [0.5, 0.6) is 0 Å². The molecule has 1 amide bonds. The molecule has 3 aromatic rings. The molecule has 26 heavy (non-hydrogen) atoms. The van der Waals surface area contributed by atoms with Crippen LogP contribution < -0.4 is 0 Å². The molecule has 0 N–H and O–H groups in total. The van der Waals surface area contributed by atoms with Crippen LogP contribution in [0.3, 0.4) is 0 Å². The van der Waals surface area contributed by atoms with E-state index in [1.807, 2.05) is 23.4 Å². The number of piperidine rings is 1. The van der Waals surface area contributed by atoms with E-state index in [9.17, 15) is 4.79 Å². The third-order valence-electron chi connectivity index (χ3n) is 4.82. The highest BCUT2D eigenvalue weighted by Gasteiger charge is 2.30. The van der Waals surface area contributed by atoms with Gasteiger partial charge in [0, 0.05) is 38.4 Å². The number of imidazole rings is 1. The summed E-state index contributed by atoms with van der Waals surface area (Å²) in [6, 6.07) is 0. The van der Waals surface area contributed by atoms with Gasteiger partial charge in [-0.25, -0.2) is 9.97 Å². The number of likely N-dealkylation sites (tertiary alicyclic amines) is 1. The van der Waals surface area contributed by atoms with Gasteiger partial charge < -0.3 is 9.47 Å². The van der Waals surface area contributed by atoms with E-state index in [4.69, 9.17) is 0 Å². The molecule has 4 rings (SSSR count). The molecule has 8 heteroatoms. The Kier molecular flexibility index (Phi) is 4.50. The summed E-state index contributed by atoms with van der Waals surface area (Å²) in [6.07, 6.45) is 8.95. The minimum Gasteiger partial charge on any atom is -0.337 e. The van der Waals surface area contributed by atoms with Crippen molar-refractivity contribution in [2.24, 2.45) is 7.05 Å². The number of carbonyl (C=O) groups excluding carboxylic acids is 1. The van der Waals surface area contributed by atoms with Crippen molar-refractivity contribution in [3.8, 4) is 11.4 Å². The van der Waals surface area contributed by atoms with Crippen LogP contribution in [0.15, 0.2) is 30.4 Å². The van der Waals surface area contributed by atoms with Crippen molar-refractivity contribution in [1.29, 1.82) is 0 Å². The first-order chi connectivity index (χ1) is 12.6. The third-order valence-corrected chi connectivity index (χ3v) is 5.74. The normalized spacial score (nSPS) is 17.5. The average Bonchev–Trinajstić information content (AvgIpc) is 3.29. The number of thiazole rings is 1. The summed E-state index contributed by atoms with van der Waals surface area (Å²) < 4.78 is 1.94. The fraction of sp³-hybridized carbons (Fsp3) is 0.389. The summed E-state index contributed by atoms with van der Waals surface area (Å²) in [5.74, 6) is 0.236. The van der Waals surface area contributed by atoms with Crippen LogP contribution in [0.1, 0.15) is 39.8 Å². The summed E-state index contributed by atoms with van der Waals surface area (Å²) in [5.41, 5.74) is 5.26. The molecule has 1 saturated heterocycles. The van der Waals surface area contributed by atoms with Gasteiger partial charge in [-0.15, -0.1) is 11.3 Å². The van der Waals surface area contributed by atoms with Gasteiger partial charge >= 0.3 is 0 Å². The van der Waals surface area contributed by atoms with Crippen molar-refractivity contribution in [3.05, 3.63) is 46.7 Å². The first kappa shape index (κ1) is 16.8. The Balaban J connectivity index is 1.62. The summed E-state index contributed by atoms with van der Waals surface area (Å²) in [4.78, 5) is 33.1. The smallest absolute Gasteiger partial charge is 0.265 e. The Hall–Kier alpha value is -2.61. The molecule has 0 saturated carbocycles. The Morgan fingerprint density at radius 1 is 1.27 bits per heavy atom. The van der Waals surface area contributed by atoms with Gasteiger partial charge in [-0.1, -0.05) is 0 Å². The highest BCUT2D eigenvalue weighted by atomic mass is 32.1. The quantitative estimate of drug-likeness (QED) is 0.710. The average molecular weight is 368 g/mol. The Morgan fingerprint density at radius 3 is 2.85 bits per heavy atom. The number of amides is 1. The van der Waals surface area contributed by atoms with Crippen molar-refractivity contribution < 1.29 is 4.79 Å². The maximum absolute atomic E-state index is 12.9. The number of nitrogens with zero attached hydrogens (tertiary/aromatic N) is 6. The molecular formula is C18H20N6OS. The van der Waals surface area contributed by atoms with Crippen molar-refractivity contribution in [2.45, 2.75) is 25.7 Å². The van der Waals surface area contributed by atoms with Crippen molar-refractivity contribution in [2.75, 3.05) is 13.1 Å². The second-order valence-electron chi connectivity index (χ2n) is 6.54. The number of hydrogen-bond acceptors (Lipinski definition) is 6. The minimum atomic E-state index is 0.0701. The molecule has 0 spiro atoms. The van der Waals surface area contributed by atoms with Gasteiger partial charge in [0.15, 0.2) is 0 Å². The Bertz CT molecular complexity index is 933. The SMILES string of the molecule is Cc1ncsc1C(=O)N1CCC[C@@H](c2nccnc2-c2cncn2C)C1. The summed E-state index contributed by atoms with van der Waals surface area (Å²) in [5, 5.41) is 0. The van der Waals surface area contributed by atoms with Crippen LogP contribution in [0.4, 0.5) is 0 Å². The maximum Gasteiger partial charge on any atom is 0.265 e. The molecule has 0 aromatic carbocycles. The molecule has 134 valence electrons. The van der Waals surface area contributed by atoms with E-state index >= 15 is 0 Å². The van der Waals surface area contributed by atoms with Gasteiger partial charge in [-0.3, -0.25) is 14.8 Å². The van der Waals surface area contributed by atoms with Gasteiger partial charge in [0.25, 0.3) is 5.91 Å². The zero-order valence-corrected chi connectivity index (χ0v) is 15.6. The first-order valence-corrected chi connectivity index (χ1v) is 9.50. The number of carbonyl (C=O) groups is 1. The molecule has 0 radical (unpaired) electrons. The van der Waals surface area contributed by atoms with Crippen LogP contribution in [-0.4, -0.2) is 48.4 Å². The second kappa shape index (κ2) is 6.95. The second-order valence-corrected chi connectivity index (χ2v) is 7.39. The predicted molar refractivity (Wildman–Crippen MR) is 99.0 cm³/mol. The lowest BCUT2D eigenvalue weighted by Gasteiger charge is -2.32. The van der Waals surface area contributed by atoms with Crippen molar-refractivity contribution in [3.63, 3.8) is 0 Å². The van der Waals surface area contributed by atoms with Crippen molar-refractivity contribution >= 4 is 17.2 Å². The van der Waals surface area contributed by atoms with E-state index in [1.54, 1.807) is 30.4 Å². The van der Waals surface area contributed by atoms with E-state index in [1.165, 1.54) is 11.3 Å². The molecule has 0 unspecified atom stereocenters. The molecule has 3 aromatic heterocycles. The van der Waals surface area contributed by atoms with Gasteiger partial charge in [0.2, 0.25) is 0 Å². The monoisotopic (exact) mass is 368 g/mol. The van der Waals surface area contributed by atoms with Gasteiger partial charge in [-0.2, -0.15) is 0 Å². The van der Waals surface area contributed by atoms with E-state index in [2.05, 4.69) is 19.9 Å². The number of rotatable bonds is 3. The Morgan fingerprint density at radius 2 is 2.12 bits per heavy atom. The fourth-order valence-electron chi connectivity index (χ4n) is 3.47. The minimum absolute atomic E-state index is 0.0701. The molecular weight excluding hydrogens is 348 g/mol. The van der Waals surface area contributed by atoms with Crippen LogP contribution >= 0.6 is 11.3 Å². The van der Waals surface area contributed by atoms with Crippen LogP contribution in [0, 0.1) is 6.92 Å². The molecule has 7 nitrogen and oxygen atoms in total. The number of aromatic nitrogens is 5. The number of aryl methyl sites for hydroxylation is 2. The summed E-state index contributed by atoms with van der Waals surface area (Å²) in [7, 11) is 1.95. The lowest BCUT2D eigenvalue weighted by atomic mass is 9.92. The highest BCUT2D eigenvalue weighted by Crippen LogP contribution is 2.32. The summed E-state index contributed by atoms with van der Waals surface area (Å²) in [6.45, 7) is 3.31. The van der Waals surface area contributed by atoms with E-state index < -0.39 is 0 Å². The largest absolute Gasteiger partial charge is 0.337 e. The van der Waals surface area contributed by atoms with Gasteiger partial charge in [0.05, 0.1) is 35.1 Å². The first-order valence-electron chi connectivity index (χ1n) is 8.62. The standard InChI is InChI=1S/C18H20N6OS/c1-12-17(26-11-22-12)18(25)24-7-3-4-13(9-24)15-16(21-6-5-20-15)14-8-19-10-23(14)2/h5-6,8,10-11,13H,3-4,7,9H2,1-2H3/t13-/m1/s1. The lowest BCUT2D eigenvalue weighted by Crippen LogP contribution is -2.39. The molecule has 1 aliphatic heterocycles. The molecule has 1 atom stereocenters. The highest BCUT2D eigenvalue weighted by molar-refractivity contribution is 7.11. The zero-order chi connectivity index (χ0) is 18.1. The Labute approximate surface area is 155 Å². The topological polar surface area (TPSA) is 76.8 Å².